The van der Waals surface area contributed by atoms with Gasteiger partial charge in [-0.1, -0.05) is 18.7 Å². The zero-order valence-corrected chi connectivity index (χ0v) is 15.1. The van der Waals surface area contributed by atoms with Crippen molar-refractivity contribution in [2.75, 3.05) is 11.5 Å². The highest BCUT2D eigenvalue weighted by Crippen LogP contribution is 2.41. The largest absolute Gasteiger partial charge is 0.477 e. The number of hydrogen-bond acceptors (Lipinski definition) is 8. The third-order valence-electron chi connectivity index (χ3n) is 3.76. The molecule has 9 nitrogen and oxygen atoms in total. The zero-order valence-electron chi connectivity index (χ0n) is 13.5. The summed E-state index contributed by atoms with van der Waals surface area (Å²) in [6.07, 6.45) is 0.272. The van der Waals surface area contributed by atoms with Crippen LogP contribution in [0.1, 0.15) is 19.2 Å². The number of nitrogens with zero attached hydrogens (tertiary/aromatic N) is 3. The number of fused-ring (bicyclic) bond motifs is 1. The summed E-state index contributed by atoms with van der Waals surface area (Å²) >= 11 is 2.67. The van der Waals surface area contributed by atoms with Gasteiger partial charge in [0.1, 0.15) is 17.1 Å². The second kappa shape index (κ2) is 7.08. The van der Waals surface area contributed by atoms with Crippen molar-refractivity contribution in [3.63, 3.8) is 0 Å². The number of carbonyl (C=O) groups excluding carboxylic acids is 2. The van der Waals surface area contributed by atoms with Crippen LogP contribution >= 0.6 is 23.5 Å². The summed E-state index contributed by atoms with van der Waals surface area (Å²) < 4.78 is 5.26. The van der Waals surface area contributed by atoms with E-state index in [-0.39, 0.29) is 23.4 Å². The number of thioether (sulfide) groups is 2. The van der Waals surface area contributed by atoms with E-state index in [2.05, 4.69) is 15.5 Å². The summed E-state index contributed by atoms with van der Waals surface area (Å²) in [5.41, 5.74) is 0.600. The number of β-lactam (4-membered cyclic amide) rings is 1. The van der Waals surface area contributed by atoms with Gasteiger partial charge in [0.15, 0.2) is 0 Å². The Balaban J connectivity index is 1.76. The lowest BCUT2D eigenvalue weighted by Gasteiger charge is -2.49. The maximum Gasteiger partial charge on any atom is 0.352 e. The van der Waals surface area contributed by atoms with E-state index in [9.17, 15) is 19.5 Å². The number of amides is 2. The minimum absolute atomic E-state index is 0.0144. The molecular formula is C14H16N4O5S2. The SMILES string of the molecule is CCC(=O)NC1C(=O)N2C(C(=O)O)=C(CSc3nnc(C)o3)CS[C@@H]12. The van der Waals surface area contributed by atoms with Crippen LogP contribution in [0.5, 0.6) is 0 Å². The summed E-state index contributed by atoms with van der Waals surface area (Å²) in [6.45, 7) is 3.37. The van der Waals surface area contributed by atoms with E-state index in [1.54, 1.807) is 13.8 Å². The molecule has 0 bridgehead atoms. The molecule has 11 heteroatoms. The Labute approximate surface area is 151 Å². The maximum absolute atomic E-state index is 12.3. The van der Waals surface area contributed by atoms with E-state index in [0.717, 1.165) is 0 Å². The van der Waals surface area contributed by atoms with Crippen molar-refractivity contribution in [1.29, 1.82) is 0 Å². The molecule has 0 spiro atoms. The average molecular weight is 384 g/mol. The van der Waals surface area contributed by atoms with E-state index >= 15 is 0 Å². The molecule has 3 rings (SSSR count). The summed E-state index contributed by atoms with van der Waals surface area (Å²) in [6, 6.07) is -0.667. The second-order valence-electron chi connectivity index (χ2n) is 5.44. The van der Waals surface area contributed by atoms with Crippen LogP contribution in [0.4, 0.5) is 0 Å². The Bertz CT molecular complexity index is 762. The number of nitrogens with one attached hydrogen (secondary N) is 1. The van der Waals surface area contributed by atoms with Crippen molar-refractivity contribution in [2.45, 2.75) is 36.9 Å². The fraction of sp³-hybridized carbons (Fsp3) is 0.500. The van der Waals surface area contributed by atoms with Crippen LogP contribution in [-0.2, 0) is 14.4 Å². The predicted molar refractivity (Wildman–Crippen MR) is 89.7 cm³/mol. The van der Waals surface area contributed by atoms with Crippen LogP contribution in [0.3, 0.4) is 0 Å². The Hall–Kier alpha value is -2.01. The third-order valence-corrected chi connectivity index (χ3v) is 6.01. The fourth-order valence-corrected chi connectivity index (χ4v) is 4.85. The topological polar surface area (TPSA) is 126 Å². The Morgan fingerprint density at radius 3 is 2.84 bits per heavy atom. The highest BCUT2D eigenvalue weighted by atomic mass is 32.2. The fourth-order valence-electron chi connectivity index (χ4n) is 2.56. The molecule has 0 aromatic carbocycles. The zero-order chi connectivity index (χ0) is 18.1. The van der Waals surface area contributed by atoms with Crippen LogP contribution in [0.2, 0.25) is 0 Å². The number of carbonyl (C=O) groups is 3. The van der Waals surface area contributed by atoms with E-state index in [4.69, 9.17) is 4.42 Å². The molecule has 2 aliphatic rings. The number of rotatable bonds is 6. The molecule has 1 aromatic rings. The van der Waals surface area contributed by atoms with Crippen LogP contribution in [0.15, 0.2) is 20.9 Å². The van der Waals surface area contributed by atoms with E-state index in [1.165, 1.54) is 28.4 Å². The first-order valence-corrected chi connectivity index (χ1v) is 9.58. The summed E-state index contributed by atoms with van der Waals surface area (Å²) in [4.78, 5) is 36.8. The molecule has 1 aromatic heterocycles. The van der Waals surface area contributed by atoms with Gasteiger partial charge in [-0.15, -0.1) is 22.0 Å². The molecule has 2 amide bonds. The van der Waals surface area contributed by atoms with Gasteiger partial charge in [0.2, 0.25) is 11.8 Å². The van der Waals surface area contributed by atoms with Crippen molar-refractivity contribution < 1.29 is 23.9 Å². The molecule has 134 valence electrons. The smallest absolute Gasteiger partial charge is 0.352 e. The van der Waals surface area contributed by atoms with Crippen molar-refractivity contribution in [2.24, 2.45) is 0 Å². The number of aryl methyl sites for hydroxylation is 1. The maximum atomic E-state index is 12.3. The minimum atomic E-state index is -1.16. The van der Waals surface area contributed by atoms with Gasteiger partial charge < -0.3 is 14.8 Å². The highest BCUT2D eigenvalue weighted by molar-refractivity contribution is 8.01. The molecule has 0 aliphatic carbocycles. The molecule has 2 atom stereocenters. The number of carboxylic acid groups (broad SMARTS) is 1. The van der Waals surface area contributed by atoms with E-state index < -0.39 is 17.9 Å². The molecule has 1 saturated heterocycles. The third kappa shape index (κ3) is 3.38. The predicted octanol–water partition coefficient (Wildman–Crippen LogP) is 0.619. The van der Waals surface area contributed by atoms with Gasteiger partial charge in [-0.25, -0.2) is 4.79 Å². The second-order valence-corrected chi connectivity index (χ2v) is 7.47. The number of carboxylic acids is 1. The first kappa shape index (κ1) is 17.8. The molecule has 0 saturated carbocycles. The minimum Gasteiger partial charge on any atom is -0.477 e. The van der Waals surface area contributed by atoms with Gasteiger partial charge in [0.25, 0.3) is 11.1 Å². The number of aliphatic carboxylic acids is 1. The summed E-state index contributed by atoms with van der Waals surface area (Å²) in [5.74, 6) is -0.565. The van der Waals surface area contributed by atoms with Gasteiger partial charge in [0.05, 0.1) is 0 Å². The molecule has 1 unspecified atom stereocenters. The summed E-state index contributed by atoms with van der Waals surface area (Å²) in [7, 11) is 0. The quantitative estimate of drug-likeness (QED) is 0.536. The van der Waals surface area contributed by atoms with E-state index in [0.29, 0.717) is 28.2 Å². The number of aromatic nitrogens is 2. The van der Waals surface area contributed by atoms with Crippen LogP contribution < -0.4 is 5.32 Å². The molecule has 3 heterocycles. The molecule has 25 heavy (non-hydrogen) atoms. The Kier molecular flexibility index (Phi) is 5.04. The normalized spacial score (nSPS) is 22.5. The van der Waals surface area contributed by atoms with Crippen LogP contribution in [0, 0.1) is 6.92 Å². The molecule has 0 radical (unpaired) electrons. The lowest BCUT2D eigenvalue weighted by atomic mass is 10.0. The van der Waals surface area contributed by atoms with Gasteiger partial charge in [-0.05, 0) is 5.57 Å². The molecule has 2 aliphatic heterocycles. The average Bonchev–Trinajstić information content (AvgIpc) is 3.01. The Morgan fingerprint density at radius 1 is 1.48 bits per heavy atom. The number of hydrogen-bond donors (Lipinski definition) is 2. The van der Waals surface area contributed by atoms with Gasteiger partial charge >= 0.3 is 5.97 Å². The van der Waals surface area contributed by atoms with Crippen molar-refractivity contribution in [3.8, 4) is 0 Å². The molecular weight excluding hydrogens is 368 g/mol. The first-order chi connectivity index (χ1) is 11.9. The summed E-state index contributed by atoms with van der Waals surface area (Å²) in [5, 5.41) is 19.7. The van der Waals surface area contributed by atoms with E-state index in [1.807, 2.05) is 0 Å². The van der Waals surface area contributed by atoms with Crippen LogP contribution in [-0.4, -0.2) is 60.9 Å². The lowest BCUT2D eigenvalue weighted by Crippen LogP contribution is -2.70. The molecule has 1 fully saturated rings. The lowest BCUT2D eigenvalue weighted by molar-refractivity contribution is -0.150. The van der Waals surface area contributed by atoms with Gasteiger partial charge in [-0.3, -0.25) is 14.5 Å². The Morgan fingerprint density at radius 2 is 2.24 bits per heavy atom. The standard InChI is InChI=1S/C14H16N4O5S2/c1-3-8(19)15-9-11(20)18-10(13(21)22)7(4-24-12(9)18)5-25-14-17-16-6(2)23-14/h9,12H,3-5H2,1-2H3,(H,15,19)(H,21,22)/t9?,12-/m0/s1. The van der Waals surface area contributed by atoms with Crippen molar-refractivity contribution in [3.05, 3.63) is 17.2 Å². The van der Waals surface area contributed by atoms with Crippen LogP contribution in [0.25, 0.3) is 0 Å². The van der Waals surface area contributed by atoms with Crippen molar-refractivity contribution in [1.82, 2.24) is 20.4 Å². The molecule has 2 N–H and O–H groups in total. The van der Waals surface area contributed by atoms with Crippen molar-refractivity contribution >= 4 is 41.3 Å². The highest BCUT2D eigenvalue weighted by Gasteiger charge is 2.54. The first-order valence-electron chi connectivity index (χ1n) is 7.54. The van der Waals surface area contributed by atoms with Gasteiger partial charge in [-0.2, -0.15) is 0 Å². The monoisotopic (exact) mass is 384 g/mol. The van der Waals surface area contributed by atoms with Gasteiger partial charge in [0, 0.05) is 24.9 Å².